The Labute approximate surface area is 70.8 Å². The first-order valence-electron chi connectivity index (χ1n) is 4.76. The van der Waals surface area contributed by atoms with Crippen molar-refractivity contribution < 1.29 is 5.11 Å². The normalized spacial score (nSPS) is 16.9. The topological polar surface area (TPSA) is 20.2 Å². The molecule has 0 heterocycles. The summed E-state index contributed by atoms with van der Waals surface area (Å²) in [6.45, 7) is 8.66. The predicted molar refractivity (Wildman–Crippen MR) is 49.5 cm³/mol. The Kier molecular flexibility index (Phi) is 5.57. The van der Waals surface area contributed by atoms with E-state index in [0.29, 0.717) is 11.8 Å². The summed E-state index contributed by atoms with van der Waals surface area (Å²) < 4.78 is 0. The fraction of sp³-hybridized carbons (Fsp3) is 1.00. The molecule has 1 nitrogen and oxygen atoms in total. The molecule has 0 aromatic carbocycles. The first kappa shape index (κ1) is 11.0. The monoisotopic (exact) mass is 158 g/mol. The lowest BCUT2D eigenvalue weighted by Crippen LogP contribution is -2.18. The van der Waals surface area contributed by atoms with Crippen LogP contribution in [-0.4, -0.2) is 11.2 Å². The van der Waals surface area contributed by atoms with Crippen LogP contribution < -0.4 is 0 Å². The Hall–Kier alpha value is -0.0400. The smallest absolute Gasteiger partial charge is 0.0565 e. The zero-order valence-electron chi connectivity index (χ0n) is 8.30. The molecule has 2 unspecified atom stereocenters. The van der Waals surface area contributed by atoms with Crippen LogP contribution in [0.25, 0.3) is 0 Å². The summed E-state index contributed by atoms with van der Waals surface area (Å²) in [5.41, 5.74) is 0. The molecule has 0 saturated heterocycles. The van der Waals surface area contributed by atoms with Crippen LogP contribution in [0.3, 0.4) is 0 Å². The van der Waals surface area contributed by atoms with Crippen molar-refractivity contribution in [2.75, 3.05) is 0 Å². The number of aliphatic hydroxyl groups is 1. The van der Waals surface area contributed by atoms with E-state index in [2.05, 4.69) is 27.7 Å². The van der Waals surface area contributed by atoms with Crippen molar-refractivity contribution in [1.29, 1.82) is 0 Å². The van der Waals surface area contributed by atoms with E-state index in [0.717, 1.165) is 19.3 Å². The van der Waals surface area contributed by atoms with Crippen LogP contribution in [-0.2, 0) is 0 Å². The van der Waals surface area contributed by atoms with Gasteiger partial charge >= 0.3 is 0 Å². The number of hydrogen-bond donors (Lipinski definition) is 1. The van der Waals surface area contributed by atoms with Gasteiger partial charge in [0, 0.05) is 0 Å². The van der Waals surface area contributed by atoms with Crippen molar-refractivity contribution in [3.63, 3.8) is 0 Å². The van der Waals surface area contributed by atoms with Crippen molar-refractivity contribution in [3.05, 3.63) is 0 Å². The number of rotatable bonds is 5. The second-order valence-electron chi connectivity index (χ2n) is 3.96. The van der Waals surface area contributed by atoms with Crippen molar-refractivity contribution in [1.82, 2.24) is 0 Å². The molecule has 1 heteroatoms. The SMILES string of the molecule is CCCC(O)C(C)CC(C)C. The third-order valence-electron chi connectivity index (χ3n) is 2.08. The fourth-order valence-electron chi connectivity index (χ4n) is 1.48. The summed E-state index contributed by atoms with van der Waals surface area (Å²) in [5.74, 6) is 1.17. The molecule has 0 amide bonds. The third-order valence-corrected chi connectivity index (χ3v) is 2.08. The molecule has 0 aliphatic rings. The Balaban J connectivity index is 3.54. The lowest BCUT2D eigenvalue weighted by molar-refractivity contribution is 0.0954. The van der Waals surface area contributed by atoms with Gasteiger partial charge in [-0.1, -0.05) is 34.1 Å². The Morgan fingerprint density at radius 3 is 2.09 bits per heavy atom. The van der Waals surface area contributed by atoms with Crippen molar-refractivity contribution >= 4 is 0 Å². The van der Waals surface area contributed by atoms with Crippen molar-refractivity contribution in [2.24, 2.45) is 11.8 Å². The van der Waals surface area contributed by atoms with Gasteiger partial charge in [-0.25, -0.2) is 0 Å². The van der Waals surface area contributed by atoms with Gasteiger partial charge < -0.3 is 5.11 Å². The van der Waals surface area contributed by atoms with Crippen LogP contribution >= 0.6 is 0 Å². The second-order valence-corrected chi connectivity index (χ2v) is 3.96. The van der Waals surface area contributed by atoms with E-state index in [4.69, 9.17) is 0 Å². The van der Waals surface area contributed by atoms with Gasteiger partial charge in [-0.05, 0) is 24.7 Å². The predicted octanol–water partition coefficient (Wildman–Crippen LogP) is 2.83. The molecular formula is C10H22O. The van der Waals surface area contributed by atoms with Crippen LogP contribution in [0.1, 0.15) is 47.0 Å². The molecule has 0 aromatic rings. The maximum Gasteiger partial charge on any atom is 0.0565 e. The summed E-state index contributed by atoms with van der Waals surface area (Å²) in [4.78, 5) is 0. The minimum atomic E-state index is -0.0811. The average molecular weight is 158 g/mol. The number of aliphatic hydroxyl groups excluding tert-OH is 1. The van der Waals surface area contributed by atoms with Crippen LogP contribution in [0.15, 0.2) is 0 Å². The Morgan fingerprint density at radius 2 is 1.73 bits per heavy atom. The van der Waals surface area contributed by atoms with E-state index >= 15 is 0 Å². The van der Waals surface area contributed by atoms with Crippen molar-refractivity contribution in [3.8, 4) is 0 Å². The molecule has 0 aliphatic carbocycles. The highest BCUT2D eigenvalue weighted by Crippen LogP contribution is 2.17. The van der Waals surface area contributed by atoms with Gasteiger partial charge in [-0.3, -0.25) is 0 Å². The lowest BCUT2D eigenvalue weighted by atomic mass is 9.92. The minimum Gasteiger partial charge on any atom is -0.393 e. The van der Waals surface area contributed by atoms with Gasteiger partial charge in [-0.15, -0.1) is 0 Å². The molecule has 11 heavy (non-hydrogen) atoms. The van der Waals surface area contributed by atoms with Gasteiger partial charge in [0.2, 0.25) is 0 Å². The van der Waals surface area contributed by atoms with Crippen LogP contribution in [0.2, 0.25) is 0 Å². The molecule has 0 spiro atoms. The van der Waals surface area contributed by atoms with Crippen LogP contribution in [0.5, 0.6) is 0 Å². The van der Waals surface area contributed by atoms with E-state index in [1.807, 2.05) is 0 Å². The first-order chi connectivity index (χ1) is 5.07. The molecular weight excluding hydrogens is 136 g/mol. The standard InChI is InChI=1S/C10H22O/c1-5-6-10(11)9(4)7-8(2)3/h8-11H,5-7H2,1-4H3. The summed E-state index contributed by atoms with van der Waals surface area (Å²) in [6, 6.07) is 0. The lowest BCUT2D eigenvalue weighted by Gasteiger charge is -2.19. The van der Waals surface area contributed by atoms with E-state index in [1.165, 1.54) is 0 Å². The number of hydrogen-bond acceptors (Lipinski definition) is 1. The molecule has 2 atom stereocenters. The maximum absolute atomic E-state index is 9.57. The summed E-state index contributed by atoms with van der Waals surface area (Å²) >= 11 is 0. The minimum absolute atomic E-state index is 0.0811. The quantitative estimate of drug-likeness (QED) is 0.652. The molecule has 0 radical (unpaired) electrons. The zero-order chi connectivity index (χ0) is 8.85. The molecule has 0 saturated carbocycles. The zero-order valence-corrected chi connectivity index (χ0v) is 8.30. The van der Waals surface area contributed by atoms with E-state index in [9.17, 15) is 5.11 Å². The van der Waals surface area contributed by atoms with Gasteiger partial charge in [0.05, 0.1) is 6.10 Å². The molecule has 0 bridgehead atoms. The Morgan fingerprint density at radius 1 is 1.18 bits per heavy atom. The Bertz CT molecular complexity index is 88.9. The summed E-state index contributed by atoms with van der Waals surface area (Å²) in [5, 5.41) is 9.57. The summed E-state index contributed by atoms with van der Waals surface area (Å²) in [7, 11) is 0. The maximum atomic E-state index is 9.57. The summed E-state index contributed by atoms with van der Waals surface area (Å²) in [6.07, 6.45) is 3.10. The largest absolute Gasteiger partial charge is 0.393 e. The van der Waals surface area contributed by atoms with Crippen LogP contribution in [0, 0.1) is 11.8 Å². The third kappa shape index (κ3) is 5.25. The highest BCUT2D eigenvalue weighted by Gasteiger charge is 2.13. The van der Waals surface area contributed by atoms with Crippen molar-refractivity contribution in [2.45, 2.75) is 53.1 Å². The van der Waals surface area contributed by atoms with E-state index < -0.39 is 0 Å². The highest BCUT2D eigenvalue weighted by atomic mass is 16.3. The molecule has 0 aliphatic heterocycles. The van der Waals surface area contributed by atoms with Gasteiger partial charge in [0.25, 0.3) is 0 Å². The van der Waals surface area contributed by atoms with Gasteiger partial charge in [0.1, 0.15) is 0 Å². The first-order valence-corrected chi connectivity index (χ1v) is 4.76. The van der Waals surface area contributed by atoms with Gasteiger partial charge in [0.15, 0.2) is 0 Å². The molecule has 1 N–H and O–H groups in total. The molecule has 0 rings (SSSR count). The molecule has 68 valence electrons. The molecule has 0 aromatic heterocycles. The fourth-order valence-corrected chi connectivity index (χ4v) is 1.48. The molecule has 0 fully saturated rings. The second kappa shape index (κ2) is 5.59. The van der Waals surface area contributed by atoms with E-state index in [1.54, 1.807) is 0 Å². The van der Waals surface area contributed by atoms with E-state index in [-0.39, 0.29) is 6.10 Å². The highest BCUT2D eigenvalue weighted by molar-refractivity contribution is 4.65. The average Bonchev–Trinajstić information content (AvgIpc) is 1.86. The van der Waals surface area contributed by atoms with Crippen LogP contribution in [0.4, 0.5) is 0 Å². The van der Waals surface area contributed by atoms with Gasteiger partial charge in [-0.2, -0.15) is 0 Å².